The fourth-order valence-electron chi connectivity index (χ4n) is 2.73. The molecule has 0 radical (unpaired) electrons. The summed E-state index contributed by atoms with van der Waals surface area (Å²) in [7, 11) is 4.41. The fraction of sp³-hybridized carbons (Fsp3) is 0.385. The lowest BCUT2D eigenvalue weighted by Gasteiger charge is -2.23. The van der Waals surface area contributed by atoms with Gasteiger partial charge in [0.1, 0.15) is 0 Å². The van der Waals surface area contributed by atoms with Gasteiger partial charge in [0.2, 0.25) is 0 Å². The Hall–Kier alpha value is -0.550. The van der Waals surface area contributed by atoms with Gasteiger partial charge in [-0.1, -0.05) is 12.1 Å². The van der Waals surface area contributed by atoms with Crippen LogP contribution < -0.4 is 0 Å². The first kappa shape index (κ1) is 10.6. The van der Waals surface area contributed by atoms with E-state index < -0.39 is 0 Å². The van der Waals surface area contributed by atoms with Crippen molar-refractivity contribution in [2.45, 2.75) is 13.0 Å². The molecule has 0 fully saturated rings. The Morgan fingerprint density at radius 1 is 1.25 bits per heavy atom. The summed E-state index contributed by atoms with van der Waals surface area (Å²) in [4.78, 5) is 2.40. The van der Waals surface area contributed by atoms with E-state index in [4.69, 9.17) is 0 Å². The first-order chi connectivity index (χ1) is 7.68. The maximum absolute atomic E-state index is 2.44. The zero-order valence-electron chi connectivity index (χ0n) is 9.63. The van der Waals surface area contributed by atoms with Crippen LogP contribution in [0.3, 0.4) is 0 Å². The summed E-state index contributed by atoms with van der Waals surface area (Å²) in [5.41, 5.74) is 4.46. The van der Waals surface area contributed by atoms with Gasteiger partial charge >= 0.3 is 0 Å². The molecule has 0 aliphatic carbocycles. The molecule has 1 aliphatic heterocycles. The Morgan fingerprint density at radius 3 is 2.88 bits per heavy atom. The molecule has 1 aromatic carbocycles. The lowest BCUT2D eigenvalue weighted by Crippen LogP contribution is -2.26. The molecule has 2 heterocycles. The number of hydrogen-bond acceptors (Lipinski definition) is 1. The third kappa shape index (κ3) is 1.41. The Balaban J connectivity index is 2.36. The third-order valence-electron chi connectivity index (χ3n) is 3.56. The fourth-order valence-corrected chi connectivity index (χ4v) is 3.59. The van der Waals surface area contributed by atoms with E-state index in [-0.39, 0.29) is 0 Å². The van der Waals surface area contributed by atoms with Crippen molar-refractivity contribution in [1.29, 1.82) is 0 Å². The van der Waals surface area contributed by atoms with Crippen LogP contribution in [0.4, 0.5) is 0 Å². The van der Waals surface area contributed by atoms with Crippen LogP contribution in [-0.4, -0.2) is 23.1 Å². The summed E-state index contributed by atoms with van der Waals surface area (Å²) in [6.07, 6.45) is 1.17. The van der Waals surface area contributed by atoms with E-state index in [0.717, 1.165) is 6.54 Å². The van der Waals surface area contributed by atoms with Gasteiger partial charge in [-0.25, -0.2) is 0 Å². The quantitative estimate of drug-likeness (QED) is 0.676. The lowest BCUT2D eigenvalue weighted by molar-refractivity contribution is 0.310. The van der Waals surface area contributed by atoms with Crippen molar-refractivity contribution in [2.75, 3.05) is 13.6 Å². The number of halogens is 1. The second-order valence-corrected chi connectivity index (χ2v) is 5.77. The third-order valence-corrected chi connectivity index (χ3v) is 4.43. The van der Waals surface area contributed by atoms with Crippen molar-refractivity contribution in [3.63, 3.8) is 0 Å². The van der Waals surface area contributed by atoms with E-state index in [1.165, 1.54) is 38.7 Å². The number of rotatable bonds is 0. The molecule has 0 bridgehead atoms. The van der Waals surface area contributed by atoms with E-state index in [1.54, 1.807) is 0 Å². The molecule has 84 valence electrons. The molecule has 3 heteroatoms. The second kappa shape index (κ2) is 3.74. The van der Waals surface area contributed by atoms with Gasteiger partial charge in [0.05, 0.1) is 5.52 Å². The standard InChI is InChI=1S/C13H15IN2/c1-15-7-6-12-10(8-15)9-4-3-5-11(14)13(9)16(12)2/h3-5H,6-8H2,1-2H3. The Kier molecular flexibility index (Phi) is 2.47. The number of para-hydroxylation sites is 1. The molecule has 1 aliphatic rings. The normalized spacial score (nSPS) is 16.7. The lowest BCUT2D eigenvalue weighted by atomic mass is 10.1. The van der Waals surface area contributed by atoms with Gasteiger partial charge < -0.3 is 9.47 Å². The van der Waals surface area contributed by atoms with Crippen molar-refractivity contribution < 1.29 is 0 Å². The molecular weight excluding hydrogens is 311 g/mol. The highest BCUT2D eigenvalue weighted by Gasteiger charge is 2.21. The minimum Gasteiger partial charge on any atom is -0.346 e. The second-order valence-electron chi connectivity index (χ2n) is 4.61. The Labute approximate surface area is 109 Å². The van der Waals surface area contributed by atoms with Crippen LogP contribution >= 0.6 is 22.6 Å². The summed E-state index contributed by atoms with van der Waals surface area (Å²) in [6.45, 7) is 2.26. The van der Waals surface area contributed by atoms with Crippen molar-refractivity contribution in [3.8, 4) is 0 Å². The summed E-state index contributed by atoms with van der Waals surface area (Å²) < 4.78 is 3.74. The molecule has 0 atom stereocenters. The average Bonchev–Trinajstić information content (AvgIpc) is 2.54. The van der Waals surface area contributed by atoms with Crippen LogP contribution in [0.5, 0.6) is 0 Å². The van der Waals surface area contributed by atoms with E-state index in [1.807, 2.05) is 0 Å². The Morgan fingerprint density at radius 2 is 2.06 bits per heavy atom. The van der Waals surface area contributed by atoms with Gasteiger partial charge in [-0.3, -0.25) is 0 Å². The molecule has 1 aromatic heterocycles. The zero-order chi connectivity index (χ0) is 11.3. The van der Waals surface area contributed by atoms with Crippen LogP contribution in [0, 0.1) is 3.57 Å². The minimum absolute atomic E-state index is 1.09. The van der Waals surface area contributed by atoms with Crippen molar-refractivity contribution in [3.05, 3.63) is 33.0 Å². The summed E-state index contributed by atoms with van der Waals surface area (Å²) in [5, 5.41) is 1.44. The van der Waals surface area contributed by atoms with Gasteiger partial charge in [-0.2, -0.15) is 0 Å². The SMILES string of the molecule is CN1CCc2c(c3cccc(I)c3n2C)C1. The Bertz CT molecular complexity index is 557. The molecule has 0 unspecified atom stereocenters. The molecule has 16 heavy (non-hydrogen) atoms. The highest BCUT2D eigenvalue weighted by atomic mass is 127. The molecule has 0 spiro atoms. The molecular formula is C13H15IN2. The number of aromatic nitrogens is 1. The summed E-state index contributed by atoms with van der Waals surface area (Å²) >= 11 is 2.44. The number of hydrogen-bond donors (Lipinski definition) is 0. The van der Waals surface area contributed by atoms with Gasteiger partial charge in [0.25, 0.3) is 0 Å². The van der Waals surface area contributed by atoms with Crippen LogP contribution in [0.2, 0.25) is 0 Å². The van der Waals surface area contributed by atoms with Crippen LogP contribution in [-0.2, 0) is 20.0 Å². The first-order valence-corrected chi connectivity index (χ1v) is 6.69. The predicted octanol–water partition coefficient (Wildman–Crippen LogP) is 2.77. The van der Waals surface area contributed by atoms with Gasteiger partial charge in [0.15, 0.2) is 0 Å². The molecule has 0 saturated carbocycles. The maximum atomic E-state index is 2.44. The first-order valence-electron chi connectivity index (χ1n) is 5.61. The molecule has 0 amide bonds. The molecule has 2 nitrogen and oxygen atoms in total. The van der Waals surface area contributed by atoms with Crippen LogP contribution in [0.25, 0.3) is 10.9 Å². The van der Waals surface area contributed by atoms with E-state index in [0.29, 0.717) is 0 Å². The number of benzene rings is 1. The zero-order valence-corrected chi connectivity index (χ0v) is 11.8. The largest absolute Gasteiger partial charge is 0.346 e. The van der Waals surface area contributed by atoms with E-state index in [2.05, 4.69) is 64.4 Å². The molecule has 2 aromatic rings. The number of likely N-dealkylation sites (N-methyl/N-ethyl adjacent to an activating group) is 1. The molecule has 3 rings (SSSR count). The van der Waals surface area contributed by atoms with Gasteiger partial charge in [-0.15, -0.1) is 0 Å². The van der Waals surface area contributed by atoms with Gasteiger partial charge in [-0.05, 0) is 41.3 Å². The van der Waals surface area contributed by atoms with Crippen LogP contribution in [0.1, 0.15) is 11.3 Å². The smallest absolute Gasteiger partial charge is 0.0618 e. The predicted molar refractivity (Wildman–Crippen MR) is 75.7 cm³/mol. The highest BCUT2D eigenvalue weighted by molar-refractivity contribution is 14.1. The summed E-state index contributed by atoms with van der Waals surface area (Å²) in [5.74, 6) is 0. The monoisotopic (exact) mass is 326 g/mol. The minimum atomic E-state index is 1.09. The highest BCUT2D eigenvalue weighted by Crippen LogP contribution is 2.31. The summed E-state index contributed by atoms with van der Waals surface area (Å²) in [6, 6.07) is 6.62. The van der Waals surface area contributed by atoms with Crippen LogP contribution in [0.15, 0.2) is 18.2 Å². The topological polar surface area (TPSA) is 8.17 Å². The number of nitrogens with zero attached hydrogens (tertiary/aromatic N) is 2. The van der Waals surface area contributed by atoms with Crippen molar-refractivity contribution >= 4 is 33.5 Å². The van der Waals surface area contributed by atoms with Gasteiger partial charge in [0, 0.05) is 41.2 Å². The van der Waals surface area contributed by atoms with Crippen molar-refractivity contribution in [2.24, 2.45) is 7.05 Å². The van der Waals surface area contributed by atoms with E-state index in [9.17, 15) is 0 Å². The average molecular weight is 326 g/mol. The number of aryl methyl sites for hydroxylation is 1. The van der Waals surface area contributed by atoms with E-state index >= 15 is 0 Å². The number of fused-ring (bicyclic) bond motifs is 3. The maximum Gasteiger partial charge on any atom is 0.0618 e. The molecule has 0 N–H and O–H groups in total. The van der Waals surface area contributed by atoms with Crippen molar-refractivity contribution in [1.82, 2.24) is 9.47 Å². The molecule has 0 saturated heterocycles.